The third-order valence-electron chi connectivity index (χ3n) is 5.98. The molecule has 2 aliphatic rings. The van der Waals surface area contributed by atoms with Gasteiger partial charge in [-0.15, -0.1) is 13.2 Å². The summed E-state index contributed by atoms with van der Waals surface area (Å²) in [6.07, 6.45) is 0.496. The van der Waals surface area contributed by atoms with Crippen LogP contribution in [0.1, 0.15) is 57.4 Å². The van der Waals surface area contributed by atoms with Gasteiger partial charge in [-0.05, 0) is 56.2 Å². The van der Waals surface area contributed by atoms with Gasteiger partial charge in [0.2, 0.25) is 5.91 Å². The molecule has 0 bridgehead atoms. The number of amides is 1. The van der Waals surface area contributed by atoms with Crippen LogP contribution in [0.2, 0.25) is 0 Å². The van der Waals surface area contributed by atoms with Crippen molar-refractivity contribution in [3.63, 3.8) is 0 Å². The molecule has 1 saturated heterocycles. The number of aliphatic hydroxyl groups is 1. The molecule has 3 rings (SSSR count). The van der Waals surface area contributed by atoms with Crippen molar-refractivity contribution >= 4 is 5.91 Å². The lowest BCUT2D eigenvalue weighted by atomic mass is 9.67. The fourth-order valence-corrected chi connectivity index (χ4v) is 4.43. The maximum atomic E-state index is 13.0. The molecule has 1 aromatic rings. The Balaban J connectivity index is 1.59. The molecular formula is C20H26F3NO3. The van der Waals surface area contributed by atoms with Crippen molar-refractivity contribution in [1.29, 1.82) is 0 Å². The summed E-state index contributed by atoms with van der Waals surface area (Å²) in [6, 6.07) is 5.65. The van der Waals surface area contributed by atoms with Gasteiger partial charge >= 0.3 is 6.36 Å². The monoisotopic (exact) mass is 385 g/mol. The zero-order valence-corrected chi connectivity index (χ0v) is 15.5. The Kier molecular flexibility index (Phi) is 5.43. The van der Waals surface area contributed by atoms with Crippen LogP contribution in [0.3, 0.4) is 0 Å². The average molecular weight is 385 g/mol. The highest BCUT2D eigenvalue weighted by molar-refractivity contribution is 5.85. The smallest absolute Gasteiger partial charge is 0.406 e. The average Bonchev–Trinajstić information content (AvgIpc) is 2.88. The molecule has 1 saturated carbocycles. The molecule has 1 aliphatic carbocycles. The lowest BCUT2D eigenvalue weighted by molar-refractivity contribution is -0.274. The van der Waals surface area contributed by atoms with Gasteiger partial charge in [-0.1, -0.05) is 25.5 Å². The van der Waals surface area contributed by atoms with Crippen molar-refractivity contribution in [2.24, 2.45) is 5.41 Å². The highest BCUT2D eigenvalue weighted by Crippen LogP contribution is 2.49. The van der Waals surface area contributed by atoms with Crippen LogP contribution in [0.4, 0.5) is 13.2 Å². The van der Waals surface area contributed by atoms with Crippen LogP contribution in [0.25, 0.3) is 0 Å². The Labute approximate surface area is 157 Å². The van der Waals surface area contributed by atoms with Gasteiger partial charge in [0.05, 0.1) is 11.0 Å². The topological polar surface area (TPSA) is 49.8 Å². The van der Waals surface area contributed by atoms with E-state index < -0.39 is 12.0 Å². The normalized spacial score (nSPS) is 28.8. The van der Waals surface area contributed by atoms with Crippen molar-refractivity contribution in [1.82, 2.24) is 4.90 Å². The molecule has 0 unspecified atom stereocenters. The Morgan fingerprint density at radius 2 is 1.74 bits per heavy atom. The molecule has 27 heavy (non-hydrogen) atoms. The number of rotatable bonds is 5. The van der Waals surface area contributed by atoms with Gasteiger partial charge in [0, 0.05) is 13.1 Å². The number of carbonyl (C=O) groups excluding carboxylic acids is 1. The van der Waals surface area contributed by atoms with E-state index in [1.807, 2.05) is 0 Å². The minimum atomic E-state index is -4.71. The van der Waals surface area contributed by atoms with Crippen LogP contribution < -0.4 is 4.74 Å². The molecule has 150 valence electrons. The molecule has 1 aromatic carbocycles. The summed E-state index contributed by atoms with van der Waals surface area (Å²) >= 11 is 0. The first kappa shape index (κ1) is 20.0. The summed E-state index contributed by atoms with van der Waals surface area (Å²) in [4.78, 5) is 14.8. The molecular weight excluding hydrogens is 359 g/mol. The molecule has 1 N–H and O–H groups in total. The number of likely N-dealkylation sites (tertiary alicyclic amines) is 1. The molecule has 0 radical (unpaired) electrons. The lowest BCUT2D eigenvalue weighted by Gasteiger charge is -2.41. The molecule has 2 fully saturated rings. The van der Waals surface area contributed by atoms with Gasteiger partial charge in [-0.25, -0.2) is 0 Å². The van der Waals surface area contributed by atoms with Gasteiger partial charge in [0.15, 0.2) is 0 Å². The summed E-state index contributed by atoms with van der Waals surface area (Å²) in [5.74, 6) is -0.158. The SMILES string of the molecule is CCC[C@]1(O)CC[C@]2(CCN(Cc3ccc(OC(F)(F)F)cc3)C2=O)CC1. The van der Waals surface area contributed by atoms with Crippen LogP contribution >= 0.6 is 0 Å². The summed E-state index contributed by atoms with van der Waals surface area (Å²) in [6.45, 7) is 3.08. The Bertz CT molecular complexity index is 664. The zero-order chi connectivity index (χ0) is 19.7. The first-order valence-corrected chi connectivity index (χ1v) is 9.51. The van der Waals surface area contributed by atoms with Gasteiger partial charge in [0.25, 0.3) is 0 Å². The summed E-state index contributed by atoms with van der Waals surface area (Å²) in [7, 11) is 0. The van der Waals surface area contributed by atoms with Crippen molar-refractivity contribution in [2.75, 3.05) is 6.54 Å². The van der Waals surface area contributed by atoms with Gasteiger partial charge in [0.1, 0.15) is 5.75 Å². The van der Waals surface area contributed by atoms with Crippen molar-refractivity contribution in [3.8, 4) is 5.75 Å². The number of hydrogen-bond donors (Lipinski definition) is 1. The summed E-state index contributed by atoms with van der Waals surface area (Å²) < 4.78 is 40.6. The zero-order valence-electron chi connectivity index (χ0n) is 15.5. The Hall–Kier alpha value is -1.76. The van der Waals surface area contributed by atoms with E-state index in [1.54, 1.807) is 17.0 Å². The fourth-order valence-electron chi connectivity index (χ4n) is 4.43. The summed E-state index contributed by atoms with van der Waals surface area (Å²) in [5, 5.41) is 10.6. The van der Waals surface area contributed by atoms with Crippen LogP contribution in [-0.2, 0) is 11.3 Å². The minimum absolute atomic E-state index is 0.108. The molecule has 0 aromatic heterocycles. The van der Waals surface area contributed by atoms with E-state index in [9.17, 15) is 23.1 Å². The van der Waals surface area contributed by atoms with E-state index in [0.717, 1.165) is 24.8 Å². The molecule has 0 atom stereocenters. The number of ether oxygens (including phenoxy) is 1. The number of carbonyl (C=O) groups is 1. The minimum Gasteiger partial charge on any atom is -0.406 e. The Morgan fingerprint density at radius 1 is 1.11 bits per heavy atom. The van der Waals surface area contributed by atoms with Crippen molar-refractivity contribution in [2.45, 2.75) is 70.4 Å². The molecule has 7 heteroatoms. The van der Waals surface area contributed by atoms with Gasteiger partial charge in [-0.2, -0.15) is 0 Å². The van der Waals surface area contributed by atoms with Crippen LogP contribution in [0, 0.1) is 5.41 Å². The number of nitrogens with zero attached hydrogens (tertiary/aromatic N) is 1. The second-order valence-corrected chi connectivity index (χ2v) is 7.92. The molecule has 1 aliphatic heterocycles. The van der Waals surface area contributed by atoms with Gasteiger partial charge < -0.3 is 14.7 Å². The van der Waals surface area contributed by atoms with E-state index in [-0.39, 0.29) is 17.1 Å². The third-order valence-corrected chi connectivity index (χ3v) is 5.98. The van der Waals surface area contributed by atoms with E-state index >= 15 is 0 Å². The van der Waals surface area contributed by atoms with Crippen LogP contribution in [-0.4, -0.2) is 34.4 Å². The predicted molar refractivity (Wildman–Crippen MR) is 93.9 cm³/mol. The molecule has 1 amide bonds. The number of benzene rings is 1. The molecule has 1 spiro atoms. The summed E-state index contributed by atoms with van der Waals surface area (Å²) in [5.41, 5.74) is -0.241. The van der Waals surface area contributed by atoms with E-state index in [0.29, 0.717) is 38.8 Å². The van der Waals surface area contributed by atoms with Crippen LogP contribution in [0.15, 0.2) is 24.3 Å². The van der Waals surface area contributed by atoms with Gasteiger partial charge in [-0.3, -0.25) is 4.79 Å². The fraction of sp³-hybridized carbons (Fsp3) is 0.650. The van der Waals surface area contributed by atoms with Crippen molar-refractivity contribution in [3.05, 3.63) is 29.8 Å². The second kappa shape index (κ2) is 7.34. The second-order valence-electron chi connectivity index (χ2n) is 7.92. The molecule has 1 heterocycles. The van der Waals surface area contributed by atoms with E-state index in [2.05, 4.69) is 11.7 Å². The number of halogens is 3. The highest BCUT2D eigenvalue weighted by atomic mass is 19.4. The third kappa shape index (κ3) is 4.57. The van der Waals surface area contributed by atoms with E-state index in [4.69, 9.17) is 0 Å². The van der Waals surface area contributed by atoms with Crippen LogP contribution in [0.5, 0.6) is 5.75 Å². The highest BCUT2D eigenvalue weighted by Gasteiger charge is 2.50. The first-order valence-electron chi connectivity index (χ1n) is 9.51. The standard InChI is InChI=1S/C20H26F3NO3/c1-2-7-19(26)10-8-18(9-11-19)12-13-24(17(18)25)14-15-3-5-16(6-4-15)27-20(21,22)23/h3-6,26H,2,7-14H2,1H3/t18-,19+. The van der Waals surface area contributed by atoms with Crippen molar-refractivity contribution < 1.29 is 27.8 Å². The maximum Gasteiger partial charge on any atom is 0.573 e. The predicted octanol–water partition coefficient (Wildman–Crippen LogP) is 4.41. The molecule has 4 nitrogen and oxygen atoms in total. The maximum absolute atomic E-state index is 13.0. The number of hydrogen-bond acceptors (Lipinski definition) is 3. The first-order chi connectivity index (χ1) is 12.6. The number of alkyl halides is 3. The Morgan fingerprint density at radius 3 is 2.30 bits per heavy atom. The largest absolute Gasteiger partial charge is 0.573 e. The quantitative estimate of drug-likeness (QED) is 0.817. The lowest BCUT2D eigenvalue weighted by Crippen LogP contribution is -2.43. The van der Waals surface area contributed by atoms with E-state index in [1.165, 1.54) is 12.1 Å².